The van der Waals surface area contributed by atoms with Gasteiger partial charge in [0.15, 0.2) is 0 Å². The van der Waals surface area contributed by atoms with Crippen LogP contribution < -0.4 is 4.52 Å². The standard InChI is InChI=1S/C11H13O6P/c1-2-11(12)16-8-7-9-3-5-10(6-4-9)17-18(13,14)15/h2-6H,1,7-8H2,(H2,13,14,15). The summed E-state index contributed by atoms with van der Waals surface area (Å²) >= 11 is 0. The third-order valence-electron chi connectivity index (χ3n) is 1.95. The van der Waals surface area contributed by atoms with E-state index in [1.807, 2.05) is 0 Å². The first kappa shape index (κ1) is 14.4. The molecule has 0 spiro atoms. The first-order valence-corrected chi connectivity index (χ1v) is 6.57. The number of rotatable bonds is 6. The van der Waals surface area contributed by atoms with E-state index in [0.29, 0.717) is 6.42 Å². The van der Waals surface area contributed by atoms with Crippen molar-refractivity contribution in [3.63, 3.8) is 0 Å². The predicted octanol–water partition coefficient (Wildman–Crippen LogP) is 1.43. The lowest BCUT2D eigenvalue weighted by molar-refractivity contribution is -0.137. The number of ether oxygens (including phenoxy) is 1. The highest BCUT2D eigenvalue weighted by Gasteiger charge is 2.15. The molecule has 0 heterocycles. The van der Waals surface area contributed by atoms with Crippen molar-refractivity contribution in [2.75, 3.05) is 6.61 Å². The fourth-order valence-corrected chi connectivity index (χ4v) is 1.58. The molecule has 0 aliphatic heterocycles. The van der Waals surface area contributed by atoms with Gasteiger partial charge in [-0.1, -0.05) is 18.7 Å². The number of hydrogen-bond donors (Lipinski definition) is 2. The third-order valence-corrected chi connectivity index (χ3v) is 2.40. The Morgan fingerprint density at radius 3 is 2.44 bits per heavy atom. The number of esters is 1. The van der Waals surface area contributed by atoms with Crippen LogP contribution in [0.4, 0.5) is 0 Å². The van der Waals surface area contributed by atoms with Gasteiger partial charge in [-0.3, -0.25) is 9.79 Å². The van der Waals surface area contributed by atoms with Crippen molar-refractivity contribution in [2.24, 2.45) is 0 Å². The fraction of sp³-hybridized carbons (Fsp3) is 0.182. The lowest BCUT2D eigenvalue weighted by Gasteiger charge is -2.07. The van der Waals surface area contributed by atoms with E-state index in [4.69, 9.17) is 14.5 Å². The van der Waals surface area contributed by atoms with Crippen LogP contribution in [0.1, 0.15) is 5.56 Å². The van der Waals surface area contributed by atoms with Gasteiger partial charge in [-0.2, -0.15) is 0 Å². The van der Waals surface area contributed by atoms with Crippen LogP contribution in [0.25, 0.3) is 0 Å². The SMILES string of the molecule is C=CC(=O)OCCc1ccc(OP(=O)(O)O)cc1. The summed E-state index contributed by atoms with van der Waals surface area (Å²) in [6.45, 7) is 3.48. The van der Waals surface area contributed by atoms with E-state index in [1.54, 1.807) is 12.1 Å². The predicted molar refractivity (Wildman–Crippen MR) is 64.0 cm³/mol. The molecule has 7 heteroatoms. The Morgan fingerprint density at radius 2 is 1.94 bits per heavy atom. The topological polar surface area (TPSA) is 93.1 Å². The lowest BCUT2D eigenvalue weighted by atomic mass is 10.1. The van der Waals surface area contributed by atoms with Gasteiger partial charge in [0.05, 0.1) is 6.61 Å². The van der Waals surface area contributed by atoms with Crippen LogP contribution in [-0.2, 0) is 20.5 Å². The van der Waals surface area contributed by atoms with E-state index in [0.717, 1.165) is 11.6 Å². The first-order chi connectivity index (χ1) is 8.40. The molecule has 0 atom stereocenters. The molecular weight excluding hydrogens is 259 g/mol. The molecule has 0 saturated heterocycles. The first-order valence-electron chi connectivity index (χ1n) is 5.04. The van der Waals surface area contributed by atoms with E-state index < -0.39 is 13.8 Å². The smallest absolute Gasteiger partial charge is 0.462 e. The molecule has 18 heavy (non-hydrogen) atoms. The second-order valence-electron chi connectivity index (χ2n) is 3.35. The Bertz CT molecular complexity index is 461. The number of benzene rings is 1. The Morgan fingerprint density at radius 1 is 1.33 bits per heavy atom. The summed E-state index contributed by atoms with van der Waals surface area (Å²) in [6, 6.07) is 6.13. The molecule has 2 N–H and O–H groups in total. The van der Waals surface area contributed by atoms with Crippen LogP contribution in [0.3, 0.4) is 0 Å². The molecule has 0 radical (unpaired) electrons. The second kappa shape index (κ2) is 6.35. The van der Waals surface area contributed by atoms with Gasteiger partial charge in [0.2, 0.25) is 0 Å². The summed E-state index contributed by atoms with van der Waals surface area (Å²) in [7, 11) is -4.52. The number of phosphoric acid groups is 1. The molecule has 0 amide bonds. The Labute approximate surface area is 104 Å². The van der Waals surface area contributed by atoms with E-state index in [1.165, 1.54) is 12.1 Å². The van der Waals surface area contributed by atoms with Crippen LogP contribution in [0.15, 0.2) is 36.9 Å². The highest BCUT2D eigenvalue weighted by Crippen LogP contribution is 2.37. The molecule has 0 aromatic heterocycles. The molecular formula is C11H13O6P. The van der Waals surface area contributed by atoms with E-state index in [-0.39, 0.29) is 12.4 Å². The molecule has 0 bridgehead atoms. The molecule has 0 fully saturated rings. The molecule has 1 aromatic carbocycles. The van der Waals surface area contributed by atoms with Gasteiger partial charge < -0.3 is 9.26 Å². The number of carbonyl (C=O) groups excluding carboxylic acids is 1. The van der Waals surface area contributed by atoms with Gasteiger partial charge in [0, 0.05) is 12.5 Å². The fourth-order valence-electron chi connectivity index (χ4n) is 1.18. The lowest BCUT2D eigenvalue weighted by Crippen LogP contribution is -2.04. The summed E-state index contributed by atoms with van der Waals surface area (Å²) in [5, 5.41) is 0. The zero-order valence-corrected chi connectivity index (χ0v) is 10.4. The molecule has 6 nitrogen and oxygen atoms in total. The van der Waals surface area contributed by atoms with Crippen molar-refractivity contribution in [3.8, 4) is 5.75 Å². The van der Waals surface area contributed by atoms with Crippen molar-refractivity contribution in [1.82, 2.24) is 0 Å². The molecule has 98 valence electrons. The molecule has 0 aliphatic carbocycles. The molecule has 1 aromatic rings. The summed E-state index contributed by atoms with van der Waals surface area (Å²) in [5.74, 6) is -0.411. The largest absolute Gasteiger partial charge is 0.524 e. The van der Waals surface area contributed by atoms with Gasteiger partial charge in [-0.25, -0.2) is 9.36 Å². The van der Waals surface area contributed by atoms with Crippen LogP contribution in [0.2, 0.25) is 0 Å². The number of hydrogen-bond acceptors (Lipinski definition) is 4. The van der Waals surface area contributed by atoms with Crippen molar-refractivity contribution in [2.45, 2.75) is 6.42 Å². The van der Waals surface area contributed by atoms with Crippen molar-refractivity contribution >= 4 is 13.8 Å². The summed E-state index contributed by atoms with van der Waals surface area (Å²) in [6.07, 6.45) is 1.58. The van der Waals surface area contributed by atoms with Crippen LogP contribution in [0.5, 0.6) is 5.75 Å². The van der Waals surface area contributed by atoms with Gasteiger partial charge in [0.1, 0.15) is 5.75 Å². The van der Waals surface area contributed by atoms with E-state index >= 15 is 0 Å². The minimum absolute atomic E-state index is 0.0789. The number of phosphoric ester groups is 1. The minimum atomic E-state index is -4.52. The summed E-state index contributed by atoms with van der Waals surface area (Å²) in [5.41, 5.74) is 0.852. The quantitative estimate of drug-likeness (QED) is 0.462. The average molecular weight is 272 g/mol. The monoisotopic (exact) mass is 272 g/mol. The van der Waals surface area contributed by atoms with Gasteiger partial charge in [0.25, 0.3) is 0 Å². The Kier molecular flexibility index (Phi) is 5.09. The Hall–Kier alpha value is -1.62. The zero-order valence-electron chi connectivity index (χ0n) is 9.48. The van der Waals surface area contributed by atoms with Gasteiger partial charge in [-0.15, -0.1) is 0 Å². The van der Waals surface area contributed by atoms with Crippen molar-refractivity contribution in [3.05, 3.63) is 42.5 Å². The maximum atomic E-state index is 10.8. The second-order valence-corrected chi connectivity index (χ2v) is 4.51. The molecule has 1 rings (SSSR count). The van der Waals surface area contributed by atoms with Crippen molar-refractivity contribution in [1.29, 1.82) is 0 Å². The van der Waals surface area contributed by atoms with Crippen LogP contribution >= 0.6 is 7.82 Å². The van der Waals surface area contributed by atoms with Crippen LogP contribution in [0, 0.1) is 0 Å². The summed E-state index contributed by atoms with van der Waals surface area (Å²) in [4.78, 5) is 28.0. The maximum Gasteiger partial charge on any atom is 0.524 e. The average Bonchev–Trinajstić information content (AvgIpc) is 2.29. The third kappa shape index (κ3) is 5.63. The van der Waals surface area contributed by atoms with Gasteiger partial charge >= 0.3 is 13.8 Å². The highest BCUT2D eigenvalue weighted by atomic mass is 31.2. The zero-order chi connectivity index (χ0) is 13.6. The molecule has 0 saturated carbocycles. The van der Waals surface area contributed by atoms with E-state index in [2.05, 4.69) is 11.1 Å². The maximum absolute atomic E-state index is 10.8. The molecule has 0 unspecified atom stereocenters. The van der Waals surface area contributed by atoms with Gasteiger partial charge in [-0.05, 0) is 17.7 Å². The minimum Gasteiger partial charge on any atom is -0.462 e. The highest BCUT2D eigenvalue weighted by molar-refractivity contribution is 7.46. The summed E-state index contributed by atoms with van der Waals surface area (Å²) < 4.78 is 19.7. The normalized spacial score (nSPS) is 10.8. The molecule has 0 aliphatic rings. The van der Waals surface area contributed by atoms with Crippen LogP contribution in [-0.4, -0.2) is 22.4 Å². The van der Waals surface area contributed by atoms with E-state index in [9.17, 15) is 9.36 Å². The van der Waals surface area contributed by atoms with Crippen molar-refractivity contribution < 1.29 is 28.4 Å². The Balaban J connectivity index is 2.48. The number of carbonyl (C=O) groups is 1.